The molecule has 3 aliphatic rings. The molecule has 0 aliphatic carbocycles. The predicted molar refractivity (Wildman–Crippen MR) is 131 cm³/mol. The average molecular weight is 514 g/mol. The van der Waals surface area contributed by atoms with E-state index in [0.717, 1.165) is 24.4 Å². The number of urea groups is 1. The number of carbonyl (C=O) groups is 2. The maximum atomic E-state index is 13.4. The molecule has 1 unspecified atom stereocenters. The first-order valence-corrected chi connectivity index (χ1v) is 12.5. The van der Waals surface area contributed by atoms with Crippen LogP contribution in [0.25, 0.3) is 0 Å². The van der Waals surface area contributed by atoms with Gasteiger partial charge >= 0.3 is 6.03 Å². The van der Waals surface area contributed by atoms with E-state index >= 15 is 0 Å². The van der Waals surface area contributed by atoms with Gasteiger partial charge in [-0.1, -0.05) is 6.08 Å². The molecule has 190 valence electrons. The zero-order chi connectivity index (χ0) is 25.1. The molecule has 5 N–H and O–H groups in total. The van der Waals surface area contributed by atoms with Crippen molar-refractivity contribution in [3.05, 3.63) is 58.6 Å². The summed E-state index contributed by atoms with van der Waals surface area (Å²) in [4.78, 5) is 38.5. The van der Waals surface area contributed by atoms with Gasteiger partial charge < -0.3 is 30.5 Å². The second-order valence-electron chi connectivity index (χ2n) is 8.63. The van der Waals surface area contributed by atoms with E-state index in [1.54, 1.807) is 28.6 Å². The van der Waals surface area contributed by atoms with Crippen LogP contribution in [0.3, 0.4) is 0 Å². The number of carbonyl (C=O) groups excluding carboxylic acids is 2. The number of amides is 3. The minimum atomic E-state index is -1.00. The van der Waals surface area contributed by atoms with Crippen LogP contribution in [0.5, 0.6) is 5.75 Å². The molecule has 2 aromatic rings. The van der Waals surface area contributed by atoms with Crippen molar-refractivity contribution in [1.29, 1.82) is 0 Å². The third-order valence-corrected chi connectivity index (χ3v) is 6.77. The van der Waals surface area contributed by atoms with Crippen LogP contribution in [0, 0.1) is 0 Å². The van der Waals surface area contributed by atoms with E-state index in [1.807, 2.05) is 11.5 Å². The van der Waals surface area contributed by atoms with Crippen molar-refractivity contribution in [1.82, 2.24) is 30.4 Å². The van der Waals surface area contributed by atoms with Gasteiger partial charge in [0, 0.05) is 30.7 Å². The lowest BCUT2D eigenvalue weighted by molar-refractivity contribution is -0.122. The molecule has 0 aromatic carbocycles. The summed E-state index contributed by atoms with van der Waals surface area (Å²) >= 11 is 1.47. The van der Waals surface area contributed by atoms with Gasteiger partial charge in [-0.05, 0) is 18.6 Å². The van der Waals surface area contributed by atoms with Gasteiger partial charge in [0.15, 0.2) is 0 Å². The van der Waals surface area contributed by atoms with Crippen molar-refractivity contribution >= 4 is 29.1 Å². The summed E-state index contributed by atoms with van der Waals surface area (Å²) in [5.41, 5.74) is 3.38. The van der Waals surface area contributed by atoms with E-state index in [9.17, 15) is 14.7 Å². The molecule has 12 nitrogen and oxygen atoms in total. The summed E-state index contributed by atoms with van der Waals surface area (Å²) in [5.74, 6) is 1.04. The standard InChI is InChI=1S/C23H27N7O5S/c31-10-16(32)11-35-17-3-5-24-20(7-17)28-23(34)30-15-4-6-29(9-15)19-2-1-18(27-21(19)30)22(33)25-8-14-12-36-13-26-14/h1-3,5,7,12-13,15-16,18,27,31-32H,4,6,8-11H2,(H,25,33)(H,24,28,34)/t15-,16+,18?/m0/s1. The van der Waals surface area contributed by atoms with E-state index in [4.69, 9.17) is 9.84 Å². The fourth-order valence-corrected chi connectivity index (χ4v) is 4.91. The van der Waals surface area contributed by atoms with Crippen LogP contribution < -0.4 is 20.7 Å². The summed E-state index contributed by atoms with van der Waals surface area (Å²) in [6, 6.07) is 2.08. The first-order chi connectivity index (χ1) is 17.5. The number of hydrogen-bond acceptors (Lipinski definition) is 10. The van der Waals surface area contributed by atoms with Gasteiger partial charge in [-0.3, -0.25) is 15.0 Å². The number of ether oxygens (including phenoxy) is 1. The van der Waals surface area contributed by atoms with Crippen molar-refractivity contribution in [2.45, 2.75) is 31.2 Å². The van der Waals surface area contributed by atoms with Crippen molar-refractivity contribution in [3.63, 3.8) is 0 Å². The SMILES string of the molecule is O=C(NCc1cscn1)C1C=CC2=C(N1)N(C(=O)Nc1cc(OC[C@H](O)CO)ccn1)[C@H]1CCN2C1. The van der Waals surface area contributed by atoms with Crippen LogP contribution in [-0.4, -0.2) is 86.4 Å². The van der Waals surface area contributed by atoms with E-state index < -0.39 is 18.8 Å². The van der Waals surface area contributed by atoms with Gasteiger partial charge in [-0.15, -0.1) is 11.3 Å². The first kappa shape index (κ1) is 24.0. The Hall–Kier alpha value is -3.68. The normalized spacial score (nSPS) is 21.1. The number of nitrogens with zero attached hydrogens (tertiary/aromatic N) is 4. The number of aliphatic hydroxyl groups is 2. The zero-order valence-electron chi connectivity index (χ0n) is 19.3. The van der Waals surface area contributed by atoms with Crippen LogP contribution in [0.1, 0.15) is 12.1 Å². The molecule has 0 radical (unpaired) electrons. The van der Waals surface area contributed by atoms with Crippen LogP contribution in [-0.2, 0) is 11.3 Å². The Morgan fingerprint density at radius 1 is 1.36 bits per heavy atom. The average Bonchev–Trinajstić information content (AvgIpc) is 3.57. The Morgan fingerprint density at radius 2 is 2.25 bits per heavy atom. The van der Waals surface area contributed by atoms with E-state index in [1.165, 1.54) is 17.5 Å². The van der Waals surface area contributed by atoms with E-state index in [-0.39, 0.29) is 30.4 Å². The van der Waals surface area contributed by atoms with Crippen molar-refractivity contribution in [2.24, 2.45) is 0 Å². The Morgan fingerprint density at radius 3 is 3.06 bits per heavy atom. The Labute approximate surface area is 211 Å². The lowest BCUT2D eigenvalue weighted by Crippen LogP contribution is -2.55. The monoisotopic (exact) mass is 513 g/mol. The number of fused-ring (bicyclic) bond motifs is 3. The van der Waals surface area contributed by atoms with Gasteiger partial charge in [-0.2, -0.15) is 0 Å². The van der Waals surface area contributed by atoms with Gasteiger partial charge in [-0.25, -0.2) is 14.8 Å². The van der Waals surface area contributed by atoms with Crippen LogP contribution in [0.2, 0.25) is 0 Å². The van der Waals surface area contributed by atoms with Gasteiger partial charge in [0.2, 0.25) is 5.91 Å². The fourth-order valence-electron chi connectivity index (χ4n) is 4.35. The highest BCUT2D eigenvalue weighted by Crippen LogP contribution is 2.33. The van der Waals surface area contributed by atoms with E-state index in [2.05, 4.69) is 30.8 Å². The van der Waals surface area contributed by atoms with Crippen LogP contribution >= 0.6 is 11.3 Å². The number of hydrogen-bond donors (Lipinski definition) is 5. The predicted octanol–water partition coefficient (Wildman–Crippen LogP) is 0.205. The summed E-state index contributed by atoms with van der Waals surface area (Å²) in [6.45, 7) is 1.35. The first-order valence-electron chi connectivity index (χ1n) is 11.6. The molecular weight excluding hydrogens is 486 g/mol. The second kappa shape index (κ2) is 10.5. The quantitative estimate of drug-likeness (QED) is 0.333. The molecule has 1 fully saturated rings. The molecule has 3 aliphatic heterocycles. The Bertz CT molecular complexity index is 1170. The third-order valence-electron chi connectivity index (χ3n) is 6.14. The van der Waals surface area contributed by atoms with Crippen molar-refractivity contribution in [3.8, 4) is 5.75 Å². The lowest BCUT2D eigenvalue weighted by Gasteiger charge is -2.40. The molecule has 5 rings (SSSR count). The number of dihydropyridines is 1. The molecule has 3 amide bonds. The number of thiazole rings is 1. The number of anilines is 1. The molecule has 2 aromatic heterocycles. The second-order valence-corrected chi connectivity index (χ2v) is 9.34. The number of nitrogens with one attached hydrogen (secondary N) is 3. The molecule has 5 heterocycles. The molecule has 0 spiro atoms. The zero-order valence-corrected chi connectivity index (χ0v) is 20.1. The van der Waals surface area contributed by atoms with Gasteiger partial charge in [0.25, 0.3) is 0 Å². The number of rotatable bonds is 8. The molecule has 1 saturated heterocycles. The van der Waals surface area contributed by atoms with Crippen molar-refractivity contribution in [2.75, 3.05) is 31.6 Å². The molecule has 36 heavy (non-hydrogen) atoms. The largest absolute Gasteiger partial charge is 0.491 e. The molecule has 3 atom stereocenters. The highest BCUT2D eigenvalue weighted by Gasteiger charge is 2.42. The summed E-state index contributed by atoms with van der Waals surface area (Å²) in [6.07, 6.45) is 4.97. The highest BCUT2D eigenvalue weighted by atomic mass is 32.1. The number of aromatic nitrogens is 2. The van der Waals surface area contributed by atoms with Gasteiger partial charge in [0.1, 0.15) is 36.1 Å². The maximum Gasteiger partial charge on any atom is 0.328 e. The van der Waals surface area contributed by atoms with Crippen molar-refractivity contribution < 1.29 is 24.5 Å². The smallest absolute Gasteiger partial charge is 0.328 e. The molecule has 2 bridgehead atoms. The summed E-state index contributed by atoms with van der Waals surface area (Å²) in [5, 5.41) is 29.3. The highest BCUT2D eigenvalue weighted by molar-refractivity contribution is 7.07. The number of pyridine rings is 1. The van der Waals surface area contributed by atoms with Crippen LogP contribution in [0.4, 0.5) is 10.6 Å². The Kier molecular flexibility index (Phi) is 7.02. The van der Waals surface area contributed by atoms with E-state index in [0.29, 0.717) is 24.7 Å². The molecule has 13 heteroatoms. The lowest BCUT2D eigenvalue weighted by atomic mass is 10.1. The number of allylic oxidation sites excluding steroid dienone is 1. The van der Waals surface area contributed by atoms with Gasteiger partial charge in [0.05, 0.1) is 36.1 Å². The third kappa shape index (κ3) is 5.12. The summed E-state index contributed by atoms with van der Waals surface area (Å²) in [7, 11) is 0. The molecular formula is C23H27N7O5S. The minimum Gasteiger partial charge on any atom is -0.491 e. The number of aliphatic hydroxyl groups excluding tert-OH is 2. The Balaban J connectivity index is 1.28. The summed E-state index contributed by atoms with van der Waals surface area (Å²) < 4.78 is 5.45. The molecule has 0 saturated carbocycles. The fraction of sp³-hybridized carbons (Fsp3) is 0.391. The maximum absolute atomic E-state index is 13.4. The van der Waals surface area contributed by atoms with Crippen LogP contribution in [0.15, 0.2) is 52.9 Å². The minimum absolute atomic E-state index is 0.0550. The topological polar surface area (TPSA) is 152 Å².